The summed E-state index contributed by atoms with van der Waals surface area (Å²) >= 11 is 0. The molecule has 0 aliphatic rings. The minimum absolute atomic E-state index is 0.224. The molecule has 0 saturated carbocycles. The number of nitrogens with one attached hydrogen (secondary N) is 2. The van der Waals surface area contributed by atoms with E-state index in [1.165, 1.54) is 11.0 Å². The Morgan fingerprint density at radius 2 is 1.74 bits per heavy atom. The van der Waals surface area contributed by atoms with Gasteiger partial charge < -0.3 is 24.8 Å². The highest BCUT2D eigenvalue weighted by molar-refractivity contribution is 7.92. The van der Waals surface area contributed by atoms with Crippen LogP contribution in [0.15, 0.2) is 54.1 Å². The molecule has 0 saturated heterocycles. The van der Waals surface area contributed by atoms with Gasteiger partial charge in [-0.1, -0.05) is 18.2 Å². The molecule has 0 atom stereocenters. The number of aromatic nitrogens is 1. The Balaban J connectivity index is 0.000000641. The maximum atomic E-state index is 12.3. The number of carbonyl (C=O) groups is 2. The number of hydrogen-bond acceptors (Lipinski definition) is 6. The van der Waals surface area contributed by atoms with Crippen LogP contribution in [0.4, 0.5) is 0 Å². The molecule has 0 aliphatic heterocycles. The highest BCUT2D eigenvalue weighted by atomic mass is 32.2. The van der Waals surface area contributed by atoms with Crippen molar-refractivity contribution in [1.82, 2.24) is 14.6 Å². The highest BCUT2D eigenvalue weighted by Gasteiger charge is 2.08. The molecule has 0 unspecified atom stereocenters. The lowest BCUT2D eigenvalue weighted by Gasteiger charge is -2.08. The second kappa shape index (κ2) is 12.7. The van der Waals surface area contributed by atoms with Gasteiger partial charge in [0, 0.05) is 35.6 Å². The summed E-state index contributed by atoms with van der Waals surface area (Å²) in [5, 5.41) is 17.1. The van der Waals surface area contributed by atoms with Gasteiger partial charge in [-0.25, -0.2) is 22.7 Å². The average Bonchev–Trinajstić information content (AvgIpc) is 3.23. The predicted molar refractivity (Wildman–Crippen MR) is 134 cm³/mol. The third-order valence-corrected chi connectivity index (χ3v) is 5.92. The third-order valence-electron chi connectivity index (χ3n) is 4.88. The van der Waals surface area contributed by atoms with Crippen LogP contribution in [0.2, 0.25) is 0 Å². The number of hydrogen-bond donors (Lipinski definition) is 4. The molecule has 1 aromatic heterocycles. The fourth-order valence-corrected chi connectivity index (χ4v) is 3.79. The van der Waals surface area contributed by atoms with Crippen molar-refractivity contribution in [3.8, 4) is 5.75 Å². The van der Waals surface area contributed by atoms with Crippen molar-refractivity contribution in [1.29, 1.82) is 0 Å². The van der Waals surface area contributed by atoms with Gasteiger partial charge in [-0.15, -0.1) is 0 Å². The molecular weight excluding hydrogens is 474 g/mol. The second-order valence-electron chi connectivity index (χ2n) is 7.80. The van der Waals surface area contributed by atoms with Crippen molar-refractivity contribution in [2.24, 2.45) is 0 Å². The van der Waals surface area contributed by atoms with Gasteiger partial charge in [0.2, 0.25) is 10.0 Å². The van der Waals surface area contributed by atoms with E-state index in [1.807, 2.05) is 50.6 Å². The molecule has 10 nitrogen and oxygen atoms in total. The lowest BCUT2D eigenvalue weighted by Crippen LogP contribution is -2.20. The number of aromatic amines is 1. The van der Waals surface area contributed by atoms with Gasteiger partial charge >= 0.3 is 11.9 Å². The number of likely N-dealkylation sites (N-methyl/N-ethyl adjacent to an activating group) is 1. The Bertz CT molecular complexity index is 1270. The number of H-pyrrole nitrogens is 1. The molecule has 11 heteroatoms. The van der Waals surface area contributed by atoms with Crippen LogP contribution in [0.25, 0.3) is 17.0 Å². The van der Waals surface area contributed by atoms with Crippen LogP contribution >= 0.6 is 0 Å². The normalized spacial score (nSPS) is 11.4. The van der Waals surface area contributed by atoms with Crippen LogP contribution in [-0.2, 0) is 32.6 Å². The van der Waals surface area contributed by atoms with E-state index in [0.717, 1.165) is 40.7 Å². The monoisotopic (exact) mass is 503 g/mol. The number of benzene rings is 2. The standard InChI is InChI=1S/C22H27N3O3S.C2H2O4/c1-25(2)12-10-19-16-23-22-9-6-17(14-21(19)22)11-13-29(26,27)24-15-18-4-7-20(28-3)8-5-18;3-1(4)2(5)6/h4-9,11,13-14,16,23-24H,10,12,15H2,1-3H3;(H,3,4)(H,5,6)/b13-11+;. The first-order valence-corrected chi connectivity index (χ1v) is 12.1. The van der Waals surface area contributed by atoms with Crippen molar-refractivity contribution in [2.75, 3.05) is 27.7 Å². The van der Waals surface area contributed by atoms with Crippen LogP contribution in [-0.4, -0.2) is 68.2 Å². The first-order valence-electron chi connectivity index (χ1n) is 10.5. The van der Waals surface area contributed by atoms with E-state index in [4.69, 9.17) is 24.5 Å². The number of sulfonamides is 1. The first kappa shape index (κ1) is 27.6. The number of methoxy groups -OCH3 is 1. The maximum Gasteiger partial charge on any atom is 0.414 e. The summed E-state index contributed by atoms with van der Waals surface area (Å²) in [6, 6.07) is 13.2. The Labute approximate surface area is 203 Å². The summed E-state index contributed by atoms with van der Waals surface area (Å²) < 4.78 is 32.3. The van der Waals surface area contributed by atoms with Crippen LogP contribution in [0.3, 0.4) is 0 Å². The zero-order valence-corrected chi connectivity index (χ0v) is 20.5. The summed E-state index contributed by atoms with van der Waals surface area (Å²) in [6.07, 6.45) is 4.58. The molecule has 0 radical (unpaired) electrons. The molecule has 4 N–H and O–H groups in total. The van der Waals surface area contributed by atoms with Crippen LogP contribution in [0.1, 0.15) is 16.7 Å². The van der Waals surface area contributed by atoms with Crippen LogP contribution < -0.4 is 9.46 Å². The predicted octanol–water partition coefficient (Wildman–Crippen LogP) is 2.53. The first-order chi connectivity index (χ1) is 16.5. The van der Waals surface area contributed by atoms with Gasteiger partial charge in [-0.05, 0) is 67.5 Å². The van der Waals surface area contributed by atoms with Gasteiger partial charge in [-0.2, -0.15) is 0 Å². The summed E-state index contributed by atoms with van der Waals surface area (Å²) in [5.74, 6) is -2.91. The zero-order valence-electron chi connectivity index (χ0n) is 19.7. The van der Waals surface area contributed by atoms with E-state index in [9.17, 15) is 8.42 Å². The van der Waals surface area contributed by atoms with E-state index in [2.05, 4.69) is 14.6 Å². The molecule has 0 fully saturated rings. The number of carboxylic acid groups (broad SMARTS) is 2. The van der Waals surface area contributed by atoms with Crippen molar-refractivity contribution >= 4 is 38.9 Å². The summed E-state index contributed by atoms with van der Waals surface area (Å²) in [6.45, 7) is 1.18. The fraction of sp³-hybridized carbons (Fsp3) is 0.250. The number of aliphatic carboxylic acids is 2. The van der Waals surface area contributed by atoms with E-state index < -0.39 is 22.0 Å². The minimum Gasteiger partial charge on any atom is -0.497 e. The Kier molecular flexibility index (Phi) is 10.0. The lowest BCUT2D eigenvalue weighted by atomic mass is 10.1. The lowest BCUT2D eigenvalue weighted by molar-refractivity contribution is -0.159. The summed E-state index contributed by atoms with van der Waals surface area (Å²) in [7, 11) is 2.15. The number of nitrogens with zero attached hydrogens (tertiary/aromatic N) is 1. The average molecular weight is 504 g/mol. The molecule has 3 rings (SSSR count). The van der Waals surface area contributed by atoms with E-state index in [-0.39, 0.29) is 6.54 Å². The van der Waals surface area contributed by atoms with Crippen LogP contribution in [0.5, 0.6) is 5.75 Å². The molecular formula is C24H29N3O7S. The fourth-order valence-electron chi connectivity index (χ4n) is 2.99. The molecule has 3 aromatic rings. The number of rotatable bonds is 9. The van der Waals surface area contributed by atoms with Crippen molar-refractivity contribution in [3.63, 3.8) is 0 Å². The van der Waals surface area contributed by atoms with Gasteiger partial charge in [-0.3, -0.25) is 0 Å². The topological polar surface area (TPSA) is 149 Å². The molecule has 0 aliphatic carbocycles. The molecule has 1 heterocycles. The van der Waals surface area contributed by atoms with Crippen molar-refractivity contribution in [3.05, 3.63) is 70.8 Å². The second-order valence-corrected chi connectivity index (χ2v) is 9.45. The number of ether oxygens (including phenoxy) is 1. The smallest absolute Gasteiger partial charge is 0.414 e. The Hall–Kier alpha value is -3.67. The Morgan fingerprint density at radius 3 is 2.31 bits per heavy atom. The Morgan fingerprint density at radius 1 is 1.09 bits per heavy atom. The molecule has 188 valence electrons. The largest absolute Gasteiger partial charge is 0.497 e. The van der Waals surface area contributed by atoms with Gasteiger partial charge in [0.15, 0.2) is 0 Å². The minimum atomic E-state index is -3.54. The van der Waals surface area contributed by atoms with E-state index in [1.54, 1.807) is 25.3 Å². The van der Waals surface area contributed by atoms with Gasteiger partial charge in [0.25, 0.3) is 0 Å². The SMILES string of the molecule is COc1ccc(CNS(=O)(=O)/C=C/c2ccc3[nH]cc(CCN(C)C)c3c2)cc1.O=C(O)C(=O)O. The quantitative estimate of drug-likeness (QED) is 0.326. The van der Waals surface area contributed by atoms with Crippen molar-refractivity contribution < 1.29 is 33.0 Å². The van der Waals surface area contributed by atoms with Gasteiger partial charge in [0.1, 0.15) is 5.75 Å². The van der Waals surface area contributed by atoms with Gasteiger partial charge in [0.05, 0.1) is 7.11 Å². The molecule has 0 spiro atoms. The number of carboxylic acids is 2. The number of fused-ring (bicyclic) bond motifs is 1. The van der Waals surface area contributed by atoms with Crippen molar-refractivity contribution in [2.45, 2.75) is 13.0 Å². The van der Waals surface area contributed by atoms with E-state index in [0.29, 0.717) is 0 Å². The molecule has 0 bridgehead atoms. The van der Waals surface area contributed by atoms with Crippen LogP contribution in [0, 0.1) is 0 Å². The zero-order chi connectivity index (χ0) is 26.0. The van der Waals surface area contributed by atoms with E-state index >= 15 is 0 Å². The molecule has 35 heavy (non-hydrogen) atoms. The third kappa shape index (κ3) is 9.24. The molecule has 0 amide bonds. The summed E-state index contributed by atoms with van der Waals surface area (Å²) in [4.78, 5) is 23.6. The molecule has 2 aromatic carbocycles. The maximum absolute atomic E-state index is 12.3. The highest BCUT2D eigenvalue weighted by Crippen LogP contribution is 2.21. The summed E-state index contributed by atoms with van der Waals surface area (Å²) in [5.41, 5.74) is 3.99.